The van der Waals surface area contributed by atoms with Crippen LogP contribution >= 0.6 is 15.9 Å². The van der Waals surface area contributed by atoms with Gasteiger partial charge in [-0.05, 0) is 48.6 Å². The van der Waals surface area contributed by atoms with Gasteiger partial charge in [-0.25, -0.2) is 0 Å². The summed E-state index contributed by atoms with van der Waals surface area (Å²) in [6, 6.07) is 8.00. The lowest BCUT2D eigenvalue weighted by Gasteiger charge is -2.36. The van der Waals surface area contributed by atoms with Crippen molar-refractivity contribution in [1.29, 1.82) is 0 Å². The van der Waals surface area contributed by atoms with Crippen LogP contribution in [0.15, 0.2) is 24.3 Å². The van der Waals surface area contributed by atoms with Gasteiger partial charge in [0, 0.05) is 16.9 Å². The Labute approximate surface area is 136 Å². The molecule has 0 aromatic heterocycles. The number of hydrogen-bond acceptors (Lipinski definition) is 1. The molecule has 0 spiro atoms. The number of carbonyl (C=O) groups is 1. The second-order valence-corrected chi connectivity index (χ2v) is 7.76. The molecule has 3 heteroatoms. The minimum absolute atomic E-state index is 0.173. The van der Waals surface area contributed by atoms with Crippen LogP contribution < -0.4 is 5.32 Å². The molecular formula is C18H26BrNO. The summed E-state index contributed by atoms with van der Waals surface area (Å²) in [5.74, 6) is 1.11. The van der Waals surface area contributed by atoms with Crippen molar-refractivity contribution < 1.29 is 4.79 Å². The van der Waals surface area contributed by atoms with Gasteiger partial charge in [0.05, 0.1) is 0 Å². The molecule has 0 atom stereocenters. The van der Waals surface area contributed by atoms with Gasteiger partial charge in [-0.15, -0.1) is 0 Å². The fourth-order valence-corrected chi connectivity index (χ4v) is 3.70. The number of carbonyl (C=O) groups excluding carboxylic acids is 1. The fourth-order valence-electron chi connectivity index (χ4n) is 3.22. The Bertz CT molecular complexity index is 484. The summed E-state index contributed by atoms with van der Waals surface area (Å²) in [7, 11) is 0. The molecule has 0 heterocycles. The van der Waals surface area contributed by atoms with E-state index in [0.717, 1.165) is 35.3 Å². The number of halogens is 1. The van der Waals surface area contributed by atoms with E-state index in [1.165, 1.54) is 12.8 Å². The van der Waals surface area contributed by atoms with Crippen molar-refractivity contribution in [1.82, 2.24) is 0 Å². The van der Waals surface area contributed by atoms with Gasteiger partial charge in [0.25, 0.3) is 0 Å². The number of para-hydroxylation sites is 1. The molecule has 2 rings (SSSR count). The van der Waals surface area contributed by atoms with Crippen molar-refractivity contribution >= 4 is 27.5 Å². The Morgan fingerprint density at radius 3 is 2.38 bits per heavy atom. The molecule has 1 saturated carbocycles. The first-order chi connectivity index (χ1) is 9.91. The molecule has 21 heavy (non-hydrogen) atoms. The van der Waals surface area contributed by atoms with E-state index in [0.29, 0.717) is 5.41 Å². The molecule has 116 valence electrons. The fraction of sp³-hybridized carbons (Fsp3) is 0.611. The number of anilines is 1. The van der Waals surface area contributed by atoms with Crippen molar-refractivity contribution in [3.05, 3.63) is 29.8 Å². The Balaban J connectivity index is 1.94. The van der Waals surface area contributed by atoms with Crippen LogP contribution in [0.1, 0.15) is 52.0 Å². The van der Waals surface area contributed by atoms with Gasteiger partial charge in [-0.3, -0.25) is 4.79 Å². The summed E-state index contributed by atoms with van der Waals surface area (Å²) < 4.78 is 0. The van der Waals surface area contributed by atoms with Gasteiger partial charge in [-0.1, -0.05) is 54.9 Å². The second-order valence-electron chi connectivity index (χ2n) is 7.19. The highest BCUT2D eigenvalue weighted by Gasteiger charge is 2.32. The lowest BCUT2D eigenvalue weighted by molar-refractivity contribution is -0.121. The average Bonchev–Trinajstić information content (AvgIpc) is 2.47. The van der Waals surface area contributed by atoms with Crippen LogP contribution in [0.5, 0.6) is 0 Å². The zero-order valence-electron chi connectivity index (χ0n) is 13.3. The normalized spacial score (nSPS) is 22.9. The zero-order chi connectivity index (χ0) is 15.5. The Hall–Kier alpha value is -0.830. The van der Waals surface area contributed by atoms with Crippen LogP contribution in [-0.2, 0) is 10.1 Å². The molecule has 1 aromatic rings. The van der Waals surface area contributed by atoms with Crippen molar-refractivity contribution in [2.24, 2.45) is 17.3 Å². The number of rotatable bonds is 3. The monoisotopic (exact) mass is 351 g/mol. The average molecular weight is 352 g/mol. The molecule has 0 bridgehead atoms. The Morgan fingerprint density at radius 2 is 1.81 bits per heavy atom. The van der Waals surface area contributed by atoms with Gasteiger partial charge in [-0.2, -0.15) is 0 Å². The number of benzene rings is 1. The maximum atomic E-state index is 12.5. The van der Waals surface area contributed by atoms with Crippen molar-refractivity contribution in [3.8, 4) is 0 Å². The van der Waals surface area contributed by atoms with E-state index >= 15 is 0 Å². The molecule has 1 amide bonds. The minimum atomic E-state index is 0.173. The van der Waals surface area contributed by atoms with Gasteiger partial charge in [0.1, 0.15) is 0 Å². The highest BCUT2D eigenvalue weighted by atomic mass is 79.9. The van der Waals surface area contributed by atoms with Crippen LogP contribution in [0.4, 0.5) is 5.69 Å². The van der Waals surface area contributed by atoms with Crippen LogP contribution in [0.3, 0.4) is 0 Å². The molecule has 1 N–H and O–H groups in total. The first kappa shape index (κ1) is 16.5. The van der Waals surface area contributed by atoms with E-state index in [9.17, 15) is 4.79 Å². The van der Waals surface area contributed by atoms with E-state index < -0.39 is 0 Å². The maximum absolute atomic E-state index is 12.5. The smallest absolute Gasteiger partial charge is 0.227 e. The summed E-state index contributed by atoms with van der Waals surface area (Å²) in [5, 5.41) is 3.88. The quantitative estimate of drug-likeness (QED) is 0.728. The molecule has 1 aliphatic carbocycles. The van der Waals surface area contributed by atoms with Crippen molar-refractivity contribution in [2.45, 2.75) is 51.8 Å². The number of alkyl halides is 1. The van der Waals surface area contributed by atoms with E-state index in [-0.39, 0.29) is 11.8 Å². The first-order valence-corrected chi connectivity index (χ1v) is 8.98. The molecular weight excluding hydrogens is 326 g/mol. The van der Waals surface area contributed by atoms with E-state index in [2.05, 4.69) is 42.0 Å². The molecule has 2 nitrogen and oxygen atoms in total. The van der Waals surface area contributed by atoms with Crippen LogP contribution in [0, 0.1) is 17.3 Å². The van der Waals surface area contributed by atoms with E-state index in [4.69, 9.17) is 0 Å². The van der Waals surface area contributed by atoms with E-state index in [1.807, 2.05) is 24.3 Å². The second kappa shape index (κ2) is 6.95. The lowest BCUT2D eigenvalue weighted by Crippen LogP contribution is -2.31. The third-order valence-electron chi connectivity index (χ3n) is 4.74. The maximum Gasteiger partial charge on any atom is 0.227 e. The predicted octanol–water partition coefficient (Wildman–Crippen LogP) is 5.37. The molecule has 1 fully saturated rings. The third-order valence-corrected chi connectivity index (χ3v) is 5.35. The number of hydrogen-bond donors (Lipinski definition) is 1. The highest BCUT2D eigenvalue weighted by molar-refractivity contribution is 9.08. The topological polar surface area (TPSA) is 29.1 Å². The van der Waals surface area contributed by atoms with Crippen LogP contribution in [0.2, 0.25) is 0 Å². The largest absolute Gasteiger partial charge is 0.326 e. The van der Waals surface area contributed by atoms with Gasteiger partial charge in [0.2, 0.25) is 5.91 Å². The summed E-state index contributed by atoms with van der Waals surface area (Å²) in [6.45, 7) is 6.93. The SMILES string of the molecule is CC(C)(C)C1CCC(C(=O)Nc2ccccc2CBr)CC1. The van der Waals surface area contributed by atoms with E-state index in [1.54, 1.807) is 0 Å². The van der Waals surface area contributed by atoms with Crippen LogP contribution in [-0.4, -0.2) is 5.91 Å². The zero-order valence-corrected chi connectivity index (χ0v) is 14.9. The van der Waals surface area contributed by atoms with Gasteiger partial charge < -0.3 is 5.32 Å². The third kappa shape index (κ3) is 4.32. The number of nitrogens with one attached hydrogen (secondary N) is 1. The molecule has 0 saturated heterocycles. The molecule has 1 aromatic carbocycles. The highest BCUT2D eigenvalue weighted by Crippen LogP contribution is 2.40. The summed E-state index contributed by atoms with van der Waals surface area (Å²) in [6.07, 6.45) is 4.37. The molecule has 0 aliphatic heterocycles. The summed E-state index contributed by atoms with van der Waals surface area (Å²) >= 11 is 3.47. The molecule has 1 aliphatic rings. The minimum Gasteiger partial charge on any atom is -0.326 e. The van der Waals surface area contributed by atoms with Crippen LogP contribution in [0.25, 0.3) is 0 Å². The predicted molar refractivity (Wildman–Crippen MR) is 92.6 cm³/mol. The number of amides is 1. The van der Waals surface area contributed by atoms with Gasteiger partial charge in [0.15, 0.2) is 0 Å². The standard InChI is InChI=1S/C18H26BrNO/c1-18(2,3)15-10-8-13(9-11-15)17(21)20-16-7-5-4-6-14(16)12-19/h4-7,13,15H,8-12H2,1-3H3,(H,20,21). The Morgan fingerprint density at radius 1 is 1.19 bits per heavy atom. The molecule has 0 unspecified atom stereocenters. The van der Waals surface area contributed by atoms with Crippen molar-refractivity contribution in [3.63, 3.8) is 0 Å². The van der Waals surface area contributed by atoms with Crippen molar-refractivity contribution in [2.75, 3.05) is 5.32 Å². The summed E-state index contributed by atoms with van der Waals surface area (Å²) in [4.78, 5) is 12.5. The molecule has 0 radical (unpaired) electrons. The van der Waals surface area contributed by atoms with Gasteiger partial charge >= 0.3 is 0 Å². The lowest BCUT2D eigenvalue weighted by atomic mass is 9.69. The first-order valence-electron chi connectivity index (χ1n) is 7.86. The Kier molecular flexibility index (Phi) is 5.48. The summed E-state index contributed by atoms with van der Waals surface area (Å²) in [5.41, 5.74) is 2.44.